The largest absolute Gasteiger partial charge is 0.387 e. The van der Waals surface area contributed by atoms with Crippen LogP contribution in [0.4, 0.5) is 0 Å². The molecule has 4 heteroatoms. The second kappa shape index (κ2) is 5.31. The molecule has 1 aliphatic carbocycles. The Morgan fingerprint density at radius 3 is 2.88 bits per heavy atom. The van der Waals surface area contributed by atoms with Crippen LogP contribution in [-0.2, 0) is 6.42 Å². The Morgan fingerprint density at radius 2 is 2.19 bits per heavy atom. The molecule has 86 valence electrons. The Labute approximate surface area is 101 Å². The molecule has 0 spiro atoms. The van der Waals surface area contributed by atoms with E-state index in [1.807, 2.05) is 12.1 Å². The second-order valence-electron chi connectivity index (χ2n) is 3.99. The van der Waals surface area contributed by atoms with Crippen molar-refractivity contribution in [3.8, 4) is 6.07 Å². The summed E-state index contributed by atoms with van der Waals surface area (Å²) in [4.78, 5) is 0. The normalized spacial score (nSPS) is 23.6. The number of fused-ring (bicyclic) bond motifs is 1. The Kier molecular flexibility index (Phi) is 4.31. The first-order valence-electron chi connectivity index (χ1n) is 5.19. The number of nitrogens with zero attached hydrogens (tertiary/aromatic N) is 1. The number of hydrogen-bond acceptors (Lipinski definition) is 3. The molecule has 2 rings (SSSR count). The SMILES string of the molecule is Cl.N#Cc1cccc2c1C(O)C(N)CCC2. The molecule has 1 aromatic carbocycles. The molecule has 0 heterocycles. The Bertz CT molecular complexity index is 414. The van der Waals surface area contributed by atoms with E-state index in [0.29, 0.717) is 5.56 Å². The topological polar surface area (TPSA) is 70.0 Å². The summed E-state index contributed by atoms with van der Waals surface area (Å²) in [5.74, 6) is 0. The van der Waals surface area contributed by atoms with Gasteiger partial charge in [0.15, 0.2) is 0 Å². The molecule has 0 bridgehead atoms. The van der Waals surface area contributed by atoms with E-state index in [4.69, 9.17) is 11.0 Å². The van der Waals surface area contributed by atoms with Crippen LogP contribution in [0.25, 0.3) is 0 Å². The van der Waals surface area contributed by atoms with Gasteiger partial charge in [-0.25, -0.2) is 0 Å². The zero-order valence-electron chi connectivity index (χ0n) is 8.89. The lowest BCUT2D eigenvalue weighted by Gasteiger charge is -2.18. The van der Waals surface area contributed by atoms with Crippen molar-refractivity contribution in [2.75, 3.05) is 0 Å². The first-order valence-corrected chi connectivity index (χ1v) is 5.19. The van der Waals surface area contributed by atoms with Crippen molar-refractivity contribution in [1.29, 1.82) is 5.26 Å². The first-order chi connectivity index (χ1) is 7.24. The van der Waals surface area contributed by atoms with Gasteiger partial charge in [0.2, 0.25) is 0 Å². The molecule has 0 aromatic heterocycles. The number of halogens is 1. The van der Waals surface area contributed by atoms with Crippen LogP contribution in [0.15, 0.2) is 18.2 Å². The van der Waals surface area contributed by atoms with Gasteiger partial charge in [-0.05, 0) is 30.9 Å². The fourth-order valence-electron chi connectivity index (χ4n) is 2.18. The summed E-state index contributed by atoms with van der Waals surface area (Å²) < 4.78 is 0. The van der Waals surface area contributed by atoms with Crippen molar-refractivity contribution in [1.82, 2.24) is 0 Å². The van der Waals surface area contributed by atoms with Gasteiger partial charge >= 0.3 is 0 Å². The smallest absolute Gasteiger partial charge is 0.0995 e. The molecule has 0 aliphatic heterocycles. The highest BCUT2D eigenvalue weighted by molar-refractivity contribution is 5.85. The van der Waals surface area contributed by atoms with E-state index >= 15 is 0 Å². The molecule has 0 saturated carbocycles. The Hall–Kier alpha value is -1.08. The van der Waals surface area contributed by atoms with E-state index in [0.717, 1.165) is 30.4 Å². The summed E-state index contributed by atoms with van der Waals surface area (Å²) in [7, 11) is 0. The Balaban J connectivity index is 0.00000128. The summed E-state index contributed by atoms with van der Waals surface area (Å²) >= 11 is 0. The van der Waals surface area contributed by atoms with Gasteiger partial charge in [-0.15, -0.1) is 12.4 Å². The van der Waals surface area contributed by atoms with Gasteiger partial charge in [-0.1, -0.05) is 12.1 Å². The van der Waals surface area contributed by atoms with Crippen molar-refractivity contribution in [3.05, 3.63) is 34.9 Å². The second-order valence-corrected chi connectivity index (χ2v) is 3.99. The number of nitriles is 1. The third kappa shape index (κ3) is 2.19. The molecule has 1 aliphatic rings. The summed E-state index contributed by atoms with van der Waals surface area (Å²) in [5.41, 5.74) is 8.22. The van der Waals surface area contributed by atoms with Gasteiger partial charge in [-0.2, -0.15) is 5.26 Å². The van der Waals surface area contributed by atoms with E-state index in [1.54, 1.807) is 6.07 Å². The van der Waals surface area contributed by atoms with Gasteiger partial charge in [0.05, 0.1) is 17.7 Å². The fraction of sp³-hybridized carbons (Fsp3) is 0.417. The highest BCUT2D eigenvalue weighted by Gasteiger charge is 2.25. The van der Waals surface area contributed by atoms with E-state index in [1.165, 1.54) is 0 Å². The third-order valence-corrected chi connectivity index (χ3v) is 3.00. The van der Waals surface area contributed by atoms with Crippen LogP contribution in [0.1, 0.15) is 35.6 Å². The van der Waals surface area contributed by atoms with Crippen LogP contribution >= 0.6 is 12.4 Å². The molecule has 0 amide bonds. The van der Waals surface area contributed by atoms with Gasteiger partial charge < -0.3 is 10.8 Å². The standard InChI is InChI=1S/C12H14N2O.ClH/c13-7-9-5-1-3-8-4-2-6-10(14)12(15)11(8)9;/h1,3,5,10,12,15H,2,4,6,14H2;1H. The summed E-state index contributed by atoms with van der Waals surface area (Å²) in [6.07, 6.45) is 1.98. The van der Waals surface area contributed by atoms with Gasteiger partial charge in [-0.3, -0.25) is 0 Å². The zero-order valence-corrected chi connectivity index (χ0v) is 9.70. The van der Waals surface area contributed by atoms with Crippen molar-refractivity contribution < 1.29 is 5.11 Å². The van der Waals surface area contributed by atoms with Crippen molar-refractivity contribution in [3.63, 3.8) is 0 Å². The lowest BCUT2D eigenvalue weighted by atomic mass is 9.94. The van der Waals surface area contributed by atoms with Crippen LogP contribution in [0.3, 0.4) is 0 Å². The minimum atomic E-state index is -0.696. The number of aryl methyl sites for hydroxylation is 1. The van der Waals surface area contributed by atoms with E-state index in [9.17, 15) is 5.11 Å². The number of aliphatic hydroxyl groups excluding tert-OH is 1. The van der Waals surface area contributed by atoms with Gasteiger partial charge in [0.25, 0.3) is 0 Å². The molecule has 16 heavy (non-hydrogen) atoms. The predicted octanol–water partition coefficient (Wildman–Crippen LogP) is 1.68. The van der Waals surface area contributed by atoms with Crippen molar-refractivity contribution in [2.24, 2.45) is 5.73 Å². The van der Waals surface area contributed by atoms with Crippen LogP contribution in [0.2, 0.25) is 0 Å². The Morgan fingerprint density at radius 1 is 1.44 bits per heavy atom. The minimum absolute atomic E-state index is 0. The van der Waals surface area contributed by atoms with Crippen molar-refractivity contribution in [2.45, 2.75) is 31.4 Å². The third-order valence-electron chi connectivity index (χ3n) is 3.00. The van der Waals surface area contributed by atoms with E-state index < -0.39 is 6.10 Å². The monoisotopic (exact) mass is 238 g/mol. The molecule has 1 aromatic rings. The summed E-state index contributed by atoms with van der Waals surface area (Å²) in [6, 6.07) is 7.44. The maximum atomic E-state index is 10.0. The average Bonchev–Trinajstić information content (AvgIpc) is 2.40. The number of rotatable bonds is 0. The quantitative estimate of drug-likeness (QED) is 0.676. The number of hydrogen-bond donors (Lipinski definition) is 2. The highest BCUT2D eigenvalue weighted by Crippen LogP contribution is 2.30. The summed E-state index contributed by atoms with van der Waals surface area (Å²) in [6.45, 7) is 0. The van der Waals surface area contributed by atoms with Crippen LogP contribution < -0.4 is 5.73 Å². The van der Waals surface area contributed by atoms with Gasteiger partial charge in [0, 0.05) is 11.6 Å². The molecular weight excluding hydrogens is 224 g/mol. The molecule has 2 atom stereocenters. The molecule has 0 saturated heterocycles. The van der Waals surface area contributed by atoms with Crippen LogP contribution in [0.5, 0.6) is 0 Å². The van der Waals surface area contributed by atoms with E-state index in [-0.39, 0.29) is 18.4 Å². The maximum Gasteiger partial charge on any atom is 0.0995 e. The van der Waals surface area contributed by atoms with Crippen LogP contribution in [0, 0.1) is 11.3 Å². The number of benzene rings is 1. The molecular formula is C12H15ClN2O. The van der Waals surface area contributed by atoms with E-state index in [2.05, 4.69) is 6.07 Å². The number of aliphatic hydroxyl groups is 1. The zero-order chi connectivity index (χ0) is 10.8. The molecule has 2 unspecified atom stereocenters. The molecule has 3 N–H and O–H groups in total. The lowest BCUT2D eigenvalue weighted by molar-refractivity contribution is 0.144. The maximum absolute atomic E-state index is 10.0. The van der Waals surface area contributed by atoms with Crippen LogP contribution in [-0.4, -0.2) is 11.1 Å². The molecule has 0 radical (unpaired) electrons. The fourth-order valence-corrected chi connectivity index (χ4v) is 2.18. The lowest BCUT2D eigenvalue weighted by Crippen LogP contribution is -2.27. The highest BCUT2D eigenvalue weighted by atomic mass is 35.5. The van der Waals surface area contributed by atoms with Crippen molar-refractivity contribution >= 4 is 12.4 Å². The average molecular weight is 239 g/mol. The first kappa shape index (κ1) is 13.0. The summed E-state index contributed by atoms with van der Waals surface area (Å²) in [5, 5.41) is 19.0. The minimum Gasteiger partial charge on any atom is -0.387 e. The number of nitrogens with two attached hydrogens (primary N) is 1. The molecule has 3 nitrogen and oxygen atoms in total. The molecule has 0 fully saturated rings. The van der Waals surface area contributed by atoms with Gasteiger partial charge in [0.1, 0.15) is 0 Å². The predicted molar refractivity (Wildman–Crippen MR) is 64.3 cm³/mol.